The van der Waals surface area contributed by atoms with Crippen molar-refractivity contribution in [2.24, 2.45) is 0 Å². The topological polar surface area (TPSA) is 65.2 Å². The van der Waals surface area contributed by atoms with Crippen molar-refractivity contribution < 1.29 is 9.53 Å². The quantitative estimate of drug-likeness (QED) is 0.818. The third-order valence-electron chi connectivity index (χ3n) is 2.91. The molecule has 2 aromatic rings. The Morgan fingerprint density at radius 3 is 2.94 bits per heavy atom. The number of pyridine rings is 1. The molecule has 0 spiro atoms. The number of fused-ring (bicyclic) bond motifs is 1. The summed E-state index contributed by atoms with van der Waals surface area (Å²) < 4.78 is 5.25. The summed E-state index contributed by atoms with van der Waals surface area (Å²) in [6.45, 7) is 0.560. The molecule has 0 saturated heterocycles. The van der Waals surface area contributed by atoms with Gasteiger partial charge in [0.2, 0.25) is 5.78 Å². The van der Waals surface area contributed by atoms with E-state index in [2.05, 4.69) is 4.98 Å². The van der Waals surface area contributed by atoms with Gasteiger partial charge in [-0.15, -0.1) is 0 Å². The zero-order chi connectivity index (χ0) is 12.5. The molecule has 0 atom stereocenters. The number of aromatic nitrogens is 1. The van der Waals surface area contributed by atoms with Crippen LogP contribution in [0.5, 0.6) is 0 Å². The number of hydrogen-bond acceptors (Lipinski definition) is 4. The van der Waals surface area contributed by atoms with Gasteiger partial charge in [0, 0.05) is 17.5 Å². The Balaban J connectivity index is 2.10. The first kappa shape index (κ1) is 10.8. The van der Waals surface area contributed by atoms with Crippen LogP contribution >= 0.6 is 0 Å². The van der Waals surface area contributed by atoms with Gasteiger partial charge in [0.25, 0.3) is 0 Å². The average Bonchev–Trinajstić information content (AvgIpc) is 2.91. The number of nitrogen functional groups attached to an aromatic ring is 1. The van der Waals surface area contributed by atoms with Gasteiger partial charge in [-0.25, -0.2) is 4.98 Å². The van der Waals surface area contributed by atoms with E-state index in [1.165, 1.54) is 0 Å². The summed E-state index contributed by atoms with van der Waals surface area (Å²) in [5.74, 6) is 0.169. The van der Waals surface area contributed by atoms with Gasteiger partial charge >= 0.3 is 0 Å². The first-order valence-electron chi connectivity index (χ1n) is 5.78. The molecule has 4 nitrogen and oxygen atoms in total. The van der Waals surface area contributed by atoms with Crippen molar-refractivity contribution in [1.29, 1.82) is 0 Å². The molecule has 3 rings (SSSR count). The molecule has 0 radical (unpaired) electrons. The second kappa shape index (κ2) is 4.14. The van der Waals surface area contributed by atoms with Crippen molar-refractivity contribution in [1.82, 2.24) is 4.98 Å². The SMILES string of the molecule is Nc1cc(C(=O)C2=CCCO2)nc2ccccc12. The Bertz CT molecular complexity index is 662. The van der Waals surface area contributed by atoms with Crippen LogP contribution in [0.15, 0.2) is 42.2 Å². The average molecular weight is 240 g/mol. The molecule has 2 heterocycles. The summed E-state index contributed by atoms with van der Waals surface area (Å²) in [6, 6.07) is 9.09. The summed E-state index contributed by atoms with van der Waals surface area (Å²) in [7, 11) is 0. The molecule has 0 fully saturated rings. The summed E-state index contributed by atoms with van der Waals surface area (Å²) >= 11 is 0. The number of carbonyl (C=O) groups excluding carboxylic acids is 1. The highest BCUT2D eigenvalue weighted by Crippen LogP contribution is 2.22. The second-order valence-electron chi connectivity index (χ2n) is 4.15. The lowest BCUT2D eigenvalue weighted by Crippen LogP contribution is -2.07. The van der Waals surface area contributed by atoms with E-state index in [1.54, 1.807) is 12.1 Å². The lowest BCUT2D eigenvalue weighted by Gasteiger charge is -2.06. The monoisotopic (exact) mass is 240 g/mol. The highest BCUT2D eigenvalue weighted by molar-refractivity contribution is 6.08. The molecule has 1 aromatic carbocycles. The molecule has 1 aliphatic heterocycles. The highest BCUT2D eigenvalue weighted by Gasteiger charge is 2.19. The molecule has 4 heteroatoms. The first-order valence-corrected chi connectivity index (χ1v) is 5.78. The maximum atomic E-state index is 12.1. The van der Waals surface area contributed by atoms with E-state index in [0.29, 0.717) is 23.7 Å². The fraction of sp³-hybridized carbons (Fsp3) is 0.143. The maximum Gasteiger partial charge on any atom is 0.245 e. The largest absolute Gasteiger partial charge is 0.489 e. The number of anilines is 1. The zero-order valence-electron chi connectivity index (χ0n) is 9.72. The molecular formula is C14H12N2O2. The van der Waals surface area contributed by atoms with Crippen LogP contribution in [0.25, 0.3) is 10.9 Å². The predicted octanol–water partition coefficient (Wildman–Crippen LogP) is 2.30. The number of ether oxygens (including phenoxy) is 1. The van der Waals surface area contributed by atoms with Crippen LogP contribution in [0, 0.1) is 0 Å². The lowest BCUT2D eigenvalue weighted by atomic mass is 10.1. The highest BCUT2D eigenvalue weighted by atomic mass is 16.5. The number of carbonyl (C=O) groups is 1. The number of Topliss-reactive ketones (excluding diaryl/α,β-unsaturated/α-hetero) is 1. The minimum absolute atomic E-state index is 0.204. The molecule has 1 aromatic heterocycles. The number of ketones is 1. The zero-order valence-corrected chi connectivity index (χ0v) is 9.72. The van der Waals surface area contributed by atoms with Crippen molar-refractivity contribution in [3.8, 4) is 0 Å². The van der Waals surface area contributed by atoms with Crippen LogP contribution in [0.4, 0.5) is 5.69 Å². The molecule has 0 unspecified atom stereocenters. The molecule has 0 amide bonds. The third-order valence-corrected chi connectivity index (χ3v) is 2.91. The molecule has 18 heavy (non-hydrogen) atoms. The van der Waals surface area contributed by atoms with Crippen molar-refractivity contribution in [3.05, 3.63) is 47.9 Å². The van der Waals surface area contributed by atoms with Gasteiger partial charge in [-0.1, -0.05) is 18.2 Å². The van der Waals surface area contributed by atoms with E-state index >= 15 is 0 Å². The minimum atomic E-state index is -0.204. The molecule has 2 N–H and O–H groups in total. The predicted molar refractivity (Wildman–Crippen MR) is 69.1 cm³/mol. The third kappa shape index (κ3) is 1.72. The molecule has 90 valence electrons. The van der Waals surface area contributed by atoms with Gasteiger partial charge in [-0.05, 0) is 18.2 Å². The van der Waals surface area contributed by atoms with Crippen LogP contribution in [-0.4, -0.2) is 17.4 Å². The van der Waals surface area contributed by atoms with Crippen LogP contribution < -0.4 is 5.73 Å². The molecular weight excluding hydrogens is 228 g/mol. The van der Waals surface area contributed by atoms with E-state index in [0.717, 1.165) is 17.3 Å². The summed E-state index contributed by atoms with van der Waals surface area (Å²) in [5, 5.41) is 0.857. The van der Waals surface area contributed by atoms with Gasteiger partial charge in [-0.2, -0.15) is 0 Å². The number of nitrogens with two attached hydrogens (primary N) is 1. The fourth-order valence-electron chi connectivity index (χ4n) is 2.02. The van der Waals surface area contributed by atoms with E-state index < -0.39 is 0 Å². The van der Waals surface area contributed by atoms with Gasteiger partial charge in [0.05, 0.1) is 12.1 Å². The van der Waals surface area contributed by atoms with Gasteiger partial charge in [-0.3, -0.25) is 4.79 Å². The molecule has 0 bridgehead atoms. The maximum absolute atomic E-state index is 12.1. The van der Waals surface area contributed by atoms with Crippen LogP contribution in [0.2, 0.25) is 0 Å². The van der Waals surface area contributed by atoms with Crippen molar-refractivity contribution in [2.75, 3.05) is 12.3 Å². The fourth-order valence-corrected chi connectivity index (χ4v) is 2.02. The van der Waals surface area contributed by atoms with E-state index in [1.807, 2.05) is 24.3 Å². The Hall–Kier alpha value is -2.36. The summed E-state index contributed by atoms with van der Waals surface area (Å²) in [6.07, 6.45) is 2.56. The van der Waals surface area contributed by atoms with E-state index in [4.69, 9.17) is 10.5 Å². The number of allylic oxidation sites excluding steroid dienone is 1. The Morgan fingerprint density at radius 2 is 2.17 bits per heavy atom. The van der Waals surface area contributed by atoms with Crippen molar-refractivity contribution >= 4 is 22.4 Å². The number of rotatable bonds is 2. The molecule has 0 aliphatic carbocycles. The smallest absolute Gasteiger partial charge is 0.245 e. The minimum Gasteiger partial charge on any atom is -0.489 e. The number of hydrogen-bond donors (Lipinski definition) is 1. The molecule has 1 aliphatic rings. The normalized spacial score (nSPS) is 14.3. The van der Waals surface area contributed by atoms with Gasteiger partial charge in [0.15, 0.2) is 5.76 Å². The lowest BCUT2D eigenvalue weighted by molar-refractivity contribution is 0.0938. The number of benzene rings is 1. The number of para-hydroxylation sites is 1. The van der Waals surface area contributed by atoms with Crippen LogP contribution in [-0.2, 0) is 4.74 Å². The van der Waals surface area contributed by atoms with Crippen LogP contribution in [0.3, 0.4) is 0 Å². The van der Waals surface area contributed by atoms with E-state index in [9.17, 15) is 4.79 Å². The Labute approximate surface area is 104 Å². The Morgan fingerprint density at radius 1 is 1.33 bits per heavy atom. The standard InChI is InChI=1S/C14H12N2O2/c15-10-8-12(14(17)13-6-3-7-18-13)16-11-5-2-1-4-9(10)11/h1-2,4-6,8H,3,7H2,(H2,15,16). The summed E-state index contributed by atoms with van der Waals surface area (Å²) in [5.41, 5.74) is 7.55. The van der Waals surface area contributed by atoms with Gasteiger partial charge in [0.1, 0.15) is 5.69 Å². The van der Waals surface area contributed by atoms with Crippen LogP contribution in [0.1, 0.15) is 16.9 Å². The van der Waals surface area contributed by atoms with E-state index in [-0.39, 0.29) is 5.78 Å². The van der Waals surface area contributed by atoms with Crippen molar-refractivity contribution in [2.45, 2.75) is 6.42 Å². The summed E-state index contributed by atoms with van der Waals surface area (Å²) in [4.78, 5) is 16.5. The molecule has 0 saturated carbocycles. The van der Waals surface area contributed by atoms with Crippen molar-refractivity contribution in [3.63, 3.8) is 0 Å². The number of nitrogens with zero attached hydrogens (tertiary/aromatic N) is 1. The second-order valence-corrected chi connectivity index (χ2v) is 4.15. The van der Waals surface area contributed by atoms with Gasteiger partial charge < -0.3 is 10.5 Å². The Kier molecular flexibility index (Phi) is 2.48. The first-order chi connectivity index (χ1) is 8.75.